The van der Waals surface area contributed by atoms with Gasteiger partial charge in [-0.2, -0.15) is 0 Å². The molecule has 24 rings (SSSR count). The topological polar surface area (TPSA) is 134 Å². The van der Waals surface area contributed by atoms with Crippen molar-refractivity contribution in [2.75, 3.05) is 0 Å². The molecule has 0 radical (unpaired) electrons. The minimum absolute atomic E-state index is 0.385. The second-order valence-corrected chi connectivity index (χ2v) is 34.8. The summed E-state index contributed by atoms with van der Waals surface area (Å²) in [7, 11) is -1.41. The highest BCUT2D eigenvalue weighted by Gasteiger charge is 2.55. The summed E-state index contributed by atoms with van der Waals surface area (Å²) in [6.07, 6.45) is 0. The van der Waals surface area contributed by atoms with Crippen molar-refractivity contribution in [3.8, 4) is 33.4 Å². The van der Waals surface area contributed by atoms with E-state index in [0.29, 0.717) is 0 Å². The van der Waals surface area contributed by atoms with E-state index in [1.807, 2.05) is 54.6 Å². The van der Waals surface area contributed by atoms with Crippen LogP contribution in [0.25, 0.3) is 197 Å². The predicted octanol–water partition coefficient (Wildman–Crippen LogP) is 25.8. The molecule has 0 N–H and O–H groups in total. The summed E-state index contributed by atoms with van der Waals surface area (Å²) < 4.78 is 76.7. The average Bonchev–Trinajstić information content (AvgIpc) is 1.61. The van der Waals surface area contributed by atoms with Crippen molar-refractivity contribution >= 4 is 202 Å². The summed E-state index contributed by atoms with van der Waals surface area (Å²) in [5.41, 5.74) is 17.3. The fourth-order valence-corrected chi connectivity index (χ4v) is 17.7. The number of furan rings is 6. The maximum atomic E-state index is 6.58. The number of rotatable bonds is 6. The van der Waals surface area contributed by atoms with Gasteiger partial charge in [0.15, 0.2) is 0 Å². The highest BCUT2D eigenvalue weighted by molar-refractivity contribution is 6.67. The highest BCUT2D eigenvalue weighted by Crippen LogP contribution is 2.48. The summed E-state index contributed by atoms with van der Waals surface area (Å²) in [5.74, 6) is 0. The Morgan fingerprint density at radius 1 is 0.197 bits per heavy atom. The Morgan fingerprint density at radius 2 is 0.573 bits per heavy atom. The van der Waals surface area contributed by atoms with E-state index in [4.69, 9.17) is 54.4 Å². The van der Waals surface area contributed by atoms with Crippen molar-refractivity contribution < 1.29 is 54.4 Å². The van der Waals surface area contributed by atoms with Crippen LogP contribution in [-0.4, -0.2) is 55.0 Å². The third kappa shape index (κ3) is 11.4. The van der Waals surface area contributed by atoms with Gasteiger partial charge in [-0.1, -0.05) is 170 Å². The summed E-state index contributed by atoms with van der Waals surface area (Å²) in [5, 5.41) is 20.1. The van der Waals surface area contributed by atoms with E-state index in [1.165, 1.54) is 21.5 Å². The second kappa shape index (κ2) is 25.7. The summed E-state index contributed by atoms with van der Waals surface area (Å²) >= 11 is 0. The molecule has 0 unspecified atom stereocenters. The lowest BCUT2D eigenvalue weighted by molar-refractivity contribution is 0.00578. The number of fused-ring (bicyclic) bond motifs is 21. The lowest BCUT2D eigenvalue weighted by atomic mass is 9.75. The molecule has 15 heteroatoms. The molecule has 3 fully saturated rings. The minimum atomic E-state index is -0.525. The van der Waals surface area contributed by atoms with Crippen LogP contribution in [0.5, 0.6) is 0 Å². The van der Waals surface area contributed by atoms with Crippen molar-refractivity contribution in [1.29, 1.82) is 0 Å². The van der Waals surface area contributed by atoms with Gasteiger partial charge in [-0.15, -0.1) is 0 Å². The molecular weight excluding hydrogens is 1450 g/mol. The first kappa shape index (κ1) is 71.4. The van der Waals surface area contributed by atoms with E-state index in [9.17, 15) is 0 Å². The van der Waals surface area contributed by atoms with Gasteiger partial charge in [-0.05, 0) is 263 Å². The van der Waals surface area contributed by atoms with Gasteiger partial charge in [0.2, 0.25) is 0 Å². The molecule has 0 bridgehead atoms. The van der Waals surface area contributed by atoms with Crippen molar-refractivity contribution in [1.82, 2.24) is 0 Å². The molecule has 3 saturated heterocycles. The molecule has 117 heavy (non-hydrogen) atoms. The summed E-state index contributed by atoms with van der Waals surface area (Å²) in [6, 6.07) is 94.8. The molecule has 6 aromatic heterocycles. The fourth-order valence-electron chi connectivity index (χ4n) is 17.7. The molecule has 9 heterocycles. The summed E-state index contributed by atoms with van der Waals surface area (Å²) in [6.45, 7) is 25.0. The Hall–Kier alpha value is -12.2. The van der Waals surface area contributed by atoms with Crippen LogP contribution in [-0.2, 0) is 27.9 Å². The van der Waals surface area contributed by atoms with Crippen LogP contribution in [0, 0.1) is 0 Å². The zero-order chi connectivity index (χ0) is 79.6. The molecule has 0 spiro atoms. The van der Waals surface area contributed by atoms with E-state index in [0.717, 1.165) is 192 Å². The van der Waals surface area contributed by atoms with E-state index in [-0.39, 0.29) is 11.2 Å². The van der Waals surface area contributed by atoms with Gasteiger partial charge in [0.05, 0.1) is 33.6 Å². The molecule has 0 aliphatic carbocycles. The Bertz CT molecular complexity index is 7680. The third-order valence-electron chi connectivity index (χ3n) is 26.1. The Balaban J connectivity index is 0.000000106. The van der Waals surface area contributed by atoms with E-state index < -0.39 is 43.8 Å². The predicted molar refractivity (Wildman–Crippen MR) is 479 cm³/mol. The van der Waals surface area contributed by atoms with Gasteiger partial charge in [0, 0.05) is 70.2 Å². The largest absolute Gasteiger partial charge is 0.495 e. The lowest BCUT2D eigenvalue weighted by Crippen LogP contribution is -2.41. The Labute approximate surface area is 675 Å². The van der Waals surface area contributed by atoms with E-state index in [2.05, 4.69) is 301 Å². The van der Waals surface area contributed by atoms with Crippen molar-refractivity contribution in [2.45, 2.75) is 117 Å². The first-order valence-corrected chi connectivity index (χ1v) is 40.3. The summed E-state index contributed by atoms with van der Waals surface area (Å²) in [4.78, 5) is 0. The van der Waals surface area contributed by atoms with Crippen LogP contribution >= 0.6 is 0 Å². The zero-order valence-corrected chi connectivity index (χ0v) is 67.1. The standard InChI is InChI=1S/3C34H27BO4/c1-33(2)34(3,4)39-35(38-33)26-17-22(19-30-32(26)24-12-7-8-14-27(24)36-30)23-13-9-15-28-31(23)25-16-20-10-5-6-11-21(20)18-29(25)37-28;1-33(2)34(3,4)39-35(38-33)25-13-9-15-27-31(25)24-17-16-21(19-28(24)37-27)30-22-11-6-5-10-20(22)18-29-32(30)23-12-7-8-14-26(23)36-29;1-33(2)34(3,4)39-35(38-33)24-11-13-26-25-12-9-23(18-30(25)37-32(26)19-24)22-10-14-29-27(16-22)28-15-20-7-5-6-8-21(20)17-31(28)36-29/h3*5-19H,1-4H3. The number of benzene rings is 15. The minimum Gasteiger partial charge on any atom is -0.456 e. The maximum absolute atomic E-state index is 6.58. The monoisotopic (exact) mass is 1530 g/mol. The third-order valence-corrected chi connectivity index (χ3v) is 26.1. The first-order chi connectivity index (χ1) is 56.3. The van der Waals surface area contributed by atoms with E-state index in [1.54, 1.807) is 0 Å². The van der Waals surface area contributed by atoms with E-state index >= 15 is 0 Å². The number of para-hydroxylation sites is 2. The van der Waals surface area contributed by atoms with Crippen LogP contribution in [0.15, 0.2) is 299 Å². The molecule has 0 atom stereocenters. The molecule has 3 aliphatic heterocycles. The van der Waals surface area contributed by atoms with Gasteiger partial charge < -0.3 is 54.4 Å². The molecule has 0 saturated carbocycles. The molecule has 570 valence electrons. The van der Waals surface area contributed by atoms with Gasteiger partial charge in [-0.25, -0.2) is 0 Å². The zero-order valence-electron chi connectivity index (χ0n) is 67.1. The average molecular weight is 1530 g/mol. The second-order valence-electron chi connectivity index (χ2n) is 34.8. The van der Waals surface area contributed by atoms with Gasteiger partial charge >= 0.3 is 21.4 Å². The molecule has 12 nitrogen and oxygen atoms in total. The van der Waals surface area contributed by atoms with Crippen LogP contribution in [0.1, 0.15) is 83.1 Å². The fraction of sp³-hybridized carbons (Fsp3) is 0.176. The molecule has 15 aromatic carbocycles. The normalized spacial score (nSPS) is 16.9. The Kier molecular flexibility index (Phi) is 15.7. The maximum Gasteiger partial charge on any atom is 0.495 e. The Morgan fingerprint density at radius 3 is 1.22 bits per heavy atom. The van der Waals surface area contributed by atoms with Crippen LogP contribution in [0.3, 0.4) is 0 Å². The molecule has 3 aliphatic rings. The molecule has 21 aromatic rings. The van der Waals surface area contributed by atoms with Crippen LogP contribution in [0.2, 0.25) is 0 Å². The van der Waals surface area contributed by atoms with Crippen molar-refractivity contribution in [3.63, 3.8) is 0 Å². The lowest BCUT2D eigenvalue weighted by Gasteiger charge is -2.32. The SMILES string of the molecule is CC1(C)OB(c2cc(-c3cccc4oc5cc6ccccc6cc5c34)cc3oc4ccccc4c23)OC1(C)C.CC1(C)OB(c2ccc3c(c2)oc2cc(-c4ccc5oc6cc7ccccc7cc6c5c4)ccc23)OC1(C)C.CC1(C)OB(c2cccc3oc4cc(-c5c6ccccc6cc6oc7ccccc7c56)ccc4c23)OC1(C)C. The number of hydrogen-bond donors (Lipinski definition) is 0. The smallest absolute Gasteiger partial charge is 0.456 e. The van der Waals surface area contributed by atoms with Gasteiger partial charge in [0.1, 0.15) is 67.0 Å². The van der Waals surface area contributed by atoms with Gasteiger partial charge in [-0.3, -0.25) is 0 Å². The van der Waals surface area contributed by atoms with Crippen LogP contribution < -0.4 is 16.4 Å². The highest BCUT2D eigenvalue weighted by atomic mass is 16.7. The van der Waals surface area contributed by atoms with Crippen molar-refractivity contribution in [2.24, 2.45) is 0 Å². The first-order valence-electron chi connectivity index (χ1n) is 40.3. The quantitative estimate of drug-likeness (QED) is 0.147. The van der Waals surface area contributed by atoms with Gasteiger partial charge in [0.25, 0.3) is 0 Å². The molecule has 0 amide bonds. The molecular formula is C102H81B3O12. The van der Waals surface area contributed by atoms with Crippen LogP contribution in [0.4, 0.5) is 0 Å². The van der Waals surface area contributed by atoms with Crippen molar-refractivity contribution in [3.05, 3.63) is 273 Å². The number of hydrogen-bond acceptors (Lipinski definition) is 12.